The number of hydrazone groups is 1. The van der Waals surface area contributed by atoms with Crippen molar-refractivity contribution < 1.29 is 9.48 Å². The third-order valence-corrected chi connectivity index (χ3v) is 3.29. The van der Waals surface area contributed by atoms with Crippen molar-refractivity contribution >= 4 is 11.9 Å². The van der Waals surface area contributed by atoms with E-state index in [9.17, 15) is 9.59 Å². The summed E-state index contributed by atoms with van der Waals surface area (Å²) in [6.07, 6.45) is 0. The van der Waals surface area contributed by atoms with Gasteiger partial charge in [0.05, 0.1) is 5.69 Å². The minimum absolute atomic E-state index is 0.288. The molecule has 1 aliphatic heterocycles. The average Bonchev–Trinajstić information content (AvgIpc) is 2.56. The van der Waals surface area contributed by atoms with E-state index in [1.807, 2.05) is 0 Å². The Kier molecular flexibility index (Phi) is 3.67. The summed E-state index contributed by atoms with van der Waals surface area (Å²) in [5.41, 5.74) is 4.67. The Morgan fingerprint density at radius 2 is 1.83 bits per heavy atom. The SMILES string of the molecule is CN1N=C(c2cccc(-c3nn(C)c(=O)[n+](C)n3)n2)[N-]N(C)C1=O. The molecule has 0 spiro atoms. The highest BCUT2D eigenvalue weighted by Gasteiger charge is 2.17. The minimum atomic E-state index is -0.344. The van der Waals surface area contributed by atoms with Crippen molar-refractivity contribution in [3.63, 3.8) is 0 Å². The number of hydrogen-bond donors (Lipinski definition) is 0. The van der Waals surface area contributed by atoms with Gasteiger partial charge in [-0.05, 0) is 18.0 Å². The first-order valence-electron chi connectivity index (χ1n) is 6.98. The quantitative estimate of drug-likeness (QED) is 0.656. The van der Waals surface area contributed by atoms with Gasteiger partial charge < -0.3 is 20.5 Å². The smallest absolute Gasteiger partial charge is 0.367 e. The van der Waals surface area contributed by atoms with Crippen LogP contribution in [0, 0.1) is 0 Å². The highest BCUT2D eigenvalue weighted by atomic mass is 16.2. The van der Waals surface area contributed by atoms with Gasteiger partial charge in [0.15, 0.2) is 0 Å². The van der Waals surface area contributed by atoms with Gasteiger partial charge in [-0.1, -0.05) is 25.6 Å². The highest BCUT2D eigenvalue weighted by molar-refractivity contribution is 6.09. The molecule has 0 aromatic carbocycles. The third kappa shape index (κ3) is 2.66. The molecule has 0 bridgehead atoms. The van der Waals surface area contributed by atoms with E-state index in [4.69, 9.17) is 0 Å². The van der Waals surface area contributed by atoms with Gasteiger partial charge in [-0.3, -0.25) is 0 Å². The van der Waals surface area contributed by atoms with Gasteiger partial charge in [0.2, 0.25) is 0 Å². The summed E-state index contributed by atoms with van der Waals surface area (Å²) < 4.78 is 2.36. The molecule has 0 unspecified atom stereocenters. The molecule has 0 saturated heterocycles. The molecule has 1 aliphatic rings. The second-order valence-electron chi connectivity index (χ2n) is 5.11. The molecule has 0 saturated carbocycles. The zero-order valence-corrected chi connectivity index (χ0v) is 13.6. The number of pyridine rings is 1. The monoisotopic (exact) mass is 329 g/mol. The van der Waals surface area contributed by atoms with Crippen molar-refractivity contribution in [3.05, 3.63) is 39.8 Å². The van der Waals surface area contributed by atoms with E-state index in [0.717, 1.165) is 0 Å². The Balaban J connectivity index is 2.03. The second kappa shape index (κ2) is 5.68. The van der Waals surface area contributed by atoms with Gasteiger partial charge in [0.25, 0.3) is 5.82 Å². The van der Waals surface area contributed by atoms with E-state index >= 15 is 0 Å². The van der Waals surface area contributed by atoms with Crippen LogP contribution in [0.15, 0.2) is 28.1 Å². The van der Waals surface area contributed by atoms with Gasteiger partial charge in [-0.25, -0.2) is 9.78 Å². The lowest BCUT2D eigenvalue weighted by atomic mass is 10.2. The van der Waals surface area contributed by atoms with Crippen molar-refractivity contribution in [1.29, 1.82) is 0 Å². The second-order valence-corrected chi connectivity index (χ2v) is 5.11. The topological polar surface area (TPSA) is 115 Å². The Morgan fingerprint density at radius 1 is 1.12 bits per heavy atom. The van der Waals surface area contributed by atoms with Gasteiger partial charge in [0.1, 0.15) is 19.8 Å². The first-order valence-corrected chi connectivity index (χ1v) is 6.98. The number of amidine groups is 1. The number of urea groups is 1. The standard InChI is InChI=1S/C13H15N9O2/c1-19-12(23)20(2)16-10(15-19)8-6-5-7-9(14-8)11-17-21(3)13(24)22(4)18-11/h5-7H,1-4H3. The van der Waals surface area contributed by atoms with Crippen molar-refractivity contribution in [3.8, 4) is 11.5 Å². The fourth-order valence-electron chi connectivity index (χ4n) is 2.09. The van der Waals surface area contributed by atoms with Gasteiger partial charge >= 0.3 is 11.7 Å². The average molecular weight is 329 g/mol. The molecule has 11 heteroatoms. The summed E-state index contributed by atoms with van der Waals surface area (Å²) in [7, 11) is 6.14. The lowest BCUT2D eigenvalue weighted by Gasteiger charge is -2.38. The zero-order valence-electron chi connectivity index (χ0n) is 13.6. The first kappa shape index (κ1) is 15.5. The molecular weight excluding hydrogens is 314 g/mol. The third-order valence-electron chi connectivity index (χ3n) is 3.29. The predicted molar refractivity (Wildman–Crippen MR) is 82.5 cm³/mol. The van der Waals surface area contributed by atoms with Crippen molar-refractivity contribution in [2.75, 3.05) is 14.1 Å². The van der Waals surface area contributed by atoms with Crippen LogP contribution in [-0.4, -0.2) is 55.8 Å². The van der Waals surface area contributed by atoms with E-state index < -0.39 is 0 Å². The van der Waals surface area contributed by atoms with E-state index in [1.165, 1.54) is 47.6 Å². The predicted octanol–water partition coefficient (Wildman–Crippen LogP) is -0.991. The summed E-state index contributed by atoms with van der Waals surface area (Å²) in [6.45, 7) is 0. The van der Waals surface area contributed by atoms with Crippen LogP contribution >= 0.6 is 0 Å². The molecule has 11 nitrogen and oxygen atoms in total. The molecule has 2 amide bonds. The molecule has 2 aromatic heterocycles. The van der Waals surface area contributed by atoms with E-state index in [-0.39, 0.29) is 23.4 Å². The van der Waals surface area contributed by atoms with Crippen molar-refractivity contribution in [1.82, 2.24) is 29.9 Å². The maximum atomic E-state index is 11.7. The number of hydrogen-bond acceptors (Lipinski definition) is 6. The summed E-state index contributed by atoms with van der Waals surface area (Å²) in [5.74, 6) is 0.575. The normalized spacial score (nSPS) is 14.5. The molecular formula is C13H15N9O2. The van der Waals surface area contributed by atoms with Crippen LogP contribution in [0.25, 0.3) is 16.9 Å². The fraction of sp³-hybridized carbons (Fsp3) is 0.308. The van der Waals surface area contributed by atoms with E-state index in [0.29, 0.717) is 11.4 Å². The van der Waals surface area contributed by atoms with Crippen LogP contribution in [0.4, 0.5) is 4.79 Å². The number of nitrogens with zero attached hydrogens (tertiary/aromatic N) is 9. The Hall–Kier alpha value is -3.37. The maximum absolute atomic E-state index is 11.7. The number of aromatic nitrogens is 5. The van der Waals surface area contributed by atoms with Crippen LogP contribution < -0.4 is 10.4 Å². The fourth-order valence-corrected chi connectivity index (χ4v) is 2.09. The molecule has 3 heterocycles. The Morgan fingerprint density at radius 3 is 2.50 bits per heavy atom. The molecule has 2 aromatic rings. The van der Waals surface area contributed by atoms with Gasteiger partial charge in [-0.15, -0.1) is 0 Å². The molecule has 0 N–H and O–H groups in total. The number of carbonyl (C=O) groups excluding carboxylic acids is 1. The molecule has 0 fully saturated rings. The van der Waals surface area contributed by atoms with Crippen molar-refractivity contribution in [2.45, 2.75) is 0 Å². The summed E-state index contributed by atoms with van der Waals surface area (Å²) in [4.78, 5) is 27.8. The number of rotatable bonds is 2. The summed E-state index contributed by atoms with van der Waals surface area (Å²) in [6, 6.07) is 4.83. The Bertz CT molecular complexity index is 878. The summed E-state index contributed by atoms with van der Waals surface area (Å²) in [5, 5.41) is 14.6. The number of amides is 2. The van der Waals surface area contributed by atoms with Crippen molar-refractivity contribution in [2.24, 2.45) is 19.2 Å². The van der Waals surface area contributed by atoms with Crippen LogP contribution in [0.3, 0.4) is 0 Å². The molecule has 24 heavy (non-hydrogen) atoms. The highest BCUT2D eigenvalue weighted by Crippen LogP contribution is 2.17. The Labute approximate surface area is 136 Å². The summed E-state index contributed by atoms with van der Waals surface area (Å²) >= 11 is 0. The first-order chi connectivity index (χ1) is 11.4. The van der Waals surface area contributed by atoms with Crippen LogP contribution in [0.5, 0.6) is 0 Å². The number of carbonyl (C=O) groups is 1. The molecule has 3 rings (SSSR count). The lowest BCUT2D eigenvalue weighted by Crippen LogP contribution is -2.55. The molecule has 0 radical (unpaired) electrons. The number of aryl methyl sites for hydroxylation is 2. The zero-order chi connectivity index (χ0) is 17.4. The lowest BCUT2D eigenvalue weighted by molar-refractivity contribution is -0.749. The largest absolute Gasteiger partial charge is 0.539 e. The minimum Gasteiger partial charge on any atom is -0.367 e. The molecule has 0 aliphatic carbocycles. The van der Waals surface area contributed by atoms with E-state index in [2.05, 4.69) is 25.7 Å². The van der Waals surface area contributed by atoms with Gasteiger partial charge in [0, 0.05) is 14.1 Å². The van der Waals surface area contributed by atoms with Gasteiger partial charge in [-0.2, -0.15) is 4.79 Å². The van der Waals surface area contributed by atoms with E-state index in [1.54, 1.807) is 18.2 Å². The van der Waals surface area contributed by atoms with Crippen LogP contribution in [0.1, 0.15) is 5.69 Å². The van der Waals surface area contributed by atoms with Crippen LogP contribution in [0.2, 0.25) is 0 Å². The maximum Gasteiger partial charge on any atom is 0.539 e. The molecule has 0 atom stereocenters. The molecule has 124 valence electrons. The van der Waals surface area contributed by atoms with Crippen LogP contribution in [-0.2, 0) is 14.1 Å².